The first-order valence-electron chi connectivity index (χ1n) is 9.82. The van der Waals surface area contributed by atoms with Gasteiger partial charge in [0.05, 0.1) is 23.4 Å². The third-order valence-electron chi connectivity index (χ3n) is 4.75. The van der Waals surface area contributed by atoms with Crippen LogP contribution in [0.2, 0.25) is 0 Å². The number of methoxy groups -OCH3 is 1. The normalized spacial score (nSPS) is 13.2. The average Bonchev–Trinajstić information content (AvgIpc) is 3.52. The van der Waals surface area contributed by atoms with Crippen LogP contribution in [0, 0.1) is 5.92 Å². The van der Waals surface area contributed by atoms with E-state index in [1.807, 2.05) is 24.3 Å². The van der Waals surface area contributed by atoms with E-state index in [2.05, 4.69) is 10.3 Å². The zero-order chi connectivity index (χ0) is 20.9. The Morgan fingerprint density at radius 2 is 2.03 bits per heavy atom. The number of aromatic nitrogens is 1. The zero-order valence-electron chi connectivity index (χ0n) is 16.7. The Balaban J connectivity index is 1.42. The third-order valence-corrected chi connectivity index (χ3v) is 5.80. The lowest BCUT2D eigenvalue weighted by atomic mass is 10.3. The number of nitrogens with zero attached hydrogens (tertiary/aromatic N) is 2. The molecule has 2 amide bonds. The van der Waals surface area contributed by atoms with E-state index in [0.29, 0.717) is 29.7 Å². The highest BCUT2D eigenvalue weighted by Gasteiger charge is 2.29. The first kappa shape index (κ1) is 20.3. The van der Waals surface area contributed by atoms with Gasteiger partial charge < -0.3 is 14.8 Å². The molecule has 30 heavy (non-hydrogen) atoms. The Bertz CT molecular complexity index is 1010. The van der Waals surface area contributed by atoms with Gasteiger partial charge in [-0.25, -0.2) is 4.98 Å². The lowest BCUT2D eigenvalue weighted by Gasteiger charge is -2.19. The molecular formula is C22H23N3O4S. The molecule has 8 heteroatoms. The van der Waals surface area contributed by atoms with Gasteiger partial charge in [-0.1, -0.05) is 29.5 Å². The molecule has 0 spiro atoms. The van der Waals surface area contributed by atoms with Crippen LogP contribution in [-0.4, -0.2) is 43.7 Å². The fourth-order valence-electron chi connectivity index (χ4n) is 2.96. The monoisotopic (exact) mass is 425 g/mol. The summed E-state index contributed by atoms with van der Waals surface area (Å²) in [6.07, 6.45) is 1.89. The maximum atomic E-state index is 12.9. The standard InChI is InChI=1S/C22H23N3O4S/c1-28-12-11-25(22-24-18-7-2-3-8-19(18)30-22)20(26)14-29-17-6-4-5-16(13-17)23-21(27)15-9-10-15/h2-8,13,15H,9-12,14H2,1H3,(H,23,27). The van der Waals surface area contributed by atoms with E-state index < -0.39 is 0 Å². The molecule has 3 aromatic rings. The highest BCUT2D eigenvalue weighted by molar-refractivity contribution is 7.22. The van der Waals surface area contributed by atoms with E-state index in [1.165, 1.54) is 11.3 Å². The van der Waals surface area contributed by atoms with E-state index in [1.54, 1.807) is 36.3 Å². The average molecular weight is 426 g/mol. The summed E-state index contributed by atoms with van der Waals surface area (Å²) >= 11 is 1.46. The van der Waals surface area contributed by atoms with Crippen LogP contribution >= 0.6 is 11.3 Å². The first-order chi connectivity index (χ1) is 14.6. The summed E-state index contributed by atoms with van der Waals surface area (Å²) in [4.78, 5) is 31.0. The number of hydrogen-bond acceptors (Lipinski definition) is 6. The van der Waals surface area contributed by atoms with Crippen molar-refractivity contribution in [2.45, 2.75) is 12.8 Å². The second-order valence-corrected chi connectivity index (χ2v) is 8.09. The van der Waals surface area contributed by atoms with E-state index in [0.717, 1.165) is 23.1 Å². The first-order valence-corrected chi connectivity index (χ1v) is 10.6. The topological polar surface area (TPSA) is 80.8 Å². The van der Waals surface area contributed by atoms with Gasteiger partial charge in [-0.15, -0.1) is 0 Å². The summed E-state index contributed by atoms with van der Waals surface area (Å²) < 4.78 is 11.9. The fraction of sp³-hybridized carbons (Fsp3) is 0.318. The Kier molecular flexibility index (Phi) is 6.25. The number of rotatable bonds is 9. The van der Waals surface area contributed by atoms with Crippen LogP contribution in [0.5, 0.6) is 5.75 Å². The van der Waals surface area contributed by atoms with Gasteiger partial charge in [-0.2, -0.15) is 0 Å². The van der Waals surface area contributed by atoms with Gasteiger partial charge in [-0.05, 0) is 37.1 Å². The molecule has 7 nitrogen and oxygen atoms in total. The Morgan fingerprint density at radius 1 is 1.20 bits per heavy atom. The number of carbonyl (C=O) groups is 2. The summed E-state index contributed by atoms with van der Waals surface area (Å²) in [6, 6.07) is 14.9. The SMILES string of the molecule is COCCN(C(=O)COc1cccc(NC(=O)C2CC2)c1)c1nc2ccccc2s1. The van der Waals surface area contributed by atoms with Crippen molar-refractivity contribution < 1.29 is 19.1 Å². The Labute approximate surface area is 178 Å². The quantitative estimate of drug-likeness (QED) is 0.565. The highest BCUT2D eigenvalue weighted by atomic mass is 32.1. The van der Waals surface area contributed by atoms with Crippen molar-refractivity contribution in [3.05, 3.63) is 48.5 Å². The molecule has 0 bridgehead atoms. The molecule has 2 aromatic carbocycles. The largest absolute Gasteiger partial charge is 0.484 e. The molecule has 1 aliphatic rings. The number of benzene rings is 2. The maximum Gasteiger partial charge on any atom is 0.266 e. The second-order valence-electron chi connectivity index (χ2n) is 7.08. The van der Waals surface area contributed by atoms with Crippen LogP contribution in [0.1, 0.15) is 12.8 Å². The third kappa shape index (κ3) is 4.95. The molecule has 1 fully saturated rings. The molecule has 1 aromatic heterocycles. The summed E-state index contributed by atoms with van der Waals surface area (Å²) in [7, 11) is 1.60. The van der Waals surface area contributed by atoms with E-state index in [9.17, 15) is 9.59 Å². The molecule has 4 rings (SSSR count). The minimum Gasteiger partial charge on any atom is -0.484 e. The second kappa shape index (κ2) is 9.23. The number of nitrogens with one attached hydrogen (secondary N) is 1. The predicted octanol–water partition coefficient (Wildman–Crippen LogP) is 3.70. The van der Waals surface area contributed by atoms with E-state index >= 15 is 0 Å². The highest BCUT2D eigenvalue weighted by Crippen LogP contribution is 2.31. The number of hydrogen-bond donors (Lipinski definition) is 1. The lowest BCUT2D eigenvalue weighted by Crippen LogP contribution is -2.37. The fourth-order valence-corrected chi connectivity index (χ4v) is 3.97. The molecule has 0 radical (unpaired) electrons. The van der Waals surface area contributed by atoms with Gasteiger partial charge in [0.15, 0.2) is 11.7 Å². The van der Waals surface area contributed by atoms with E-state index in [-0.39, 0.29) is 24.3 Å². The predicted molar refractivity (Wildman–Crippen MR) is 117 cm³/mol. The summed E-state index contributed by atoms with van der Waals surface area (Å²) in [6.45, 7) is 0.639. The van der Waals surface area contributed by atoms with Crippen LogP contribution in [0.25, 0.3) is 10.2 Å². The van der Waals surface area contributed by atoms with Crippen molar-refractivity contribution in [3.8, 4) is 5.75 Å². The molecule has 1 N–H and O–H groups in total. The van der Waals surface area contributed by atoms with Crippen LogP contribution in [0.3, 0.4) is 0 Å². The van der Waals surface area contributed by atoms with Crippen molar-refractivity contribution in [2.75, 3.05) is 37.1 Å². The summed E-state index contributed by atoms with van der Waals surface area (Å²) in [5, 5.41) is 3.50. The van der Waals surface area contributed by atoms with Gasteiger partial charge in [0.2, 0.25) is 5.91 Å². The minimum absolute atomic E-state index is 0.0322. The van der Waals surface area contributed by atoms with Crippen molar-refractivity contribution >= 4 is 44.2 Å². The van der Waals surface area contributed by atoms with Crippen LogP contribution in [0.4, 0.5) is 10.8 Å². The zero-order valence-corrected chi connectivity index (χ0v) is 17.5. The number of fused-ring (bicyclic) bond motifs is 1. The smallest absolute Gasteiger partial charge is 0.266 e. The number of carbonyl (C=O) groups excluding carboxylic acids is 2. The Hall–Kier alpha value is -2.97. The summed E-state index contributed by atoms with van der Waals surface area (Å²) in [5.74, 6) is 0.468. The van der Waals surface area contributed by atoms with Crippen molar-refractivity contribution in [1.29, 1.82) is 0 Å². The molecule has 1 aliphatic carbocycles. The molecule has 0 saturated heterocycles. The van der Waals surface area contributed by atoms with E-state index in [4.69, 9.17) is 9.47 Å². The van der Waals surface area contributed by atoms with Crippen molar-refractivity contribution in [3.63, 3.8) is 0 Å². The molecule has 156 valence electrons. The molecule has 0 unspecified atom stereocenters. The van der Waals surface area contributed by atoms with Crippen molar-refractivity contribution in [1.82, 2.24) is 4.98 Å². The summed E-state index contributed by atoms with van der Waals surface area (Å²) in [5.41, 5.74) is 1.52. The van der Waals surface area contributed by atoms with Crippen LogP contribution in [0.15, 0.2) is 48.5 Å². The number of thiazole rings is 1. The molecule has 1 heterocycles. The molecule has 0 atom stereocenters. The van der Waals surface area contributed by atoms with Crippen molar-refractivity contribution in [2.24, 2.45) is 5.92 Å². The Morgan fingerprint density at radius 3 is 2.80 bits per heavy atom. The maximum absolute atomic E-state index is 12.9. The minimum atomic E-state index is -0.210. The number of anilines is 2. The van der Waals surface area contributed by atoms with Gasteiger partial charge in [0.1, 0.15) is 5.75 Å². The number of amides is 2. The van der Waals surface area contributed by atoms with Crippen LogP contribution in [-0.2, 0) is 14.3 Å². The van der Waals surface area contributed by atoms with Gasteiger partial charge in [0, 0.05) is 24.8 Å². The molecular weight excluding hydrogens is 402 g/mol. The number of para-hydroxylation sites is 1. The lowest BCUT2D eigenvalue weighted by molar-refractivity contribution is -0.120. The van der Waals surface area contributed by atoms with Gasteiger partial charge in [-0.3, -0.25) is 14.5 Å². The van der Waals surface area contributed by atoms with Gasteiger partial charge in [0.25, 0.3) is 5.91 Å². The van der Waals surface area contributed by atoms with Gasteiger partial charge >= 0.3 is 0 Å². The number of ether oxygens (including phenoxy) is 2. The molecule has 0 aliphatic heterocycles. The molecule has 1 saturated carbocycles. The van der Waals surface area contributed by atoms with Crippen LogP contribution < -0.4 is 15.0 Å².